The molecule has 1 aromatic heterocycles. The lowest BCUT2D eigenvalue weighted by molar-refractivity contribution is 0.0726. The molecule has 4 heteroatoms. The topological polar surface area (TPSA) is 42.3 Å². The van der Waals surface area contributed by atoms with Gasteiger partial charge in [0.25, 0.3) is 5.91 Å². The van der Waals surface area contributed by atoms with Crippen LogP contribution in [-0.4, -0.2) is 34.4 Å². The number of hydrogen-bond acceptors (Lipinski definition) is 2. The summed E-state index contributed by atoms with van der Waals surface area (Å²) >= 11 is 0. The molecule has 0 radical (unpaired) electrons. The summed E-state index contributed by atoms with van der Waals surface area (Å²) in [6.45, 7) is 3.15. The highest BCUT2D eigenvalue weighted by Gasteiger charge is 2.22. The summed E-state index contributed by atoms with van der Waals surface area (Å²) in [5.74, 6) is -0.0280. The first-order valence-corrected chi connectivity index (χ1v) is 7.09. The number of likely N-dealkylation sites (tertiary alicyclic amines) is 1. The second kappa shape index (κ2) is 5.12. The van der Waals surface area contributed by atoms with Crippen molar-refractivity contribution >= 4 is 22.7 Å². The van der Waals surface area contributed by atoms with Crippen LogP contribution in [0, 0.1) is 0 Å². The van der Waals surface area contributed by atoms with Crippen LogP contribution in [0.5, 0.6) is 0 Å². The fraction of sp³-hybridized carbons (Fsp3) is 0.375. The second-order valence-corrected chi connectivity index (χ2v) is 5.30. The minimum atomic E-state index is -0.0705. The highest BCUT2D eigenvalue weighted by Crippen LogP contribution is 2.24. The Morgan fingerprint density at radius 3 is 2.45 bits per heavy atom. The molecule has 1 aliphatic rings. The van der Waals surface area contributed by atoms with E-state index in [1.54, 1.807) is 10.8 Å². The maximum absolute atomic E-state index is 12.7. The van der Waals surface area contributed by atoms with E-state index in [0.29, 0.717) is 5.56 Å². The molecule has 0 spiro atoms. The average molecular weight is 270 g/mol. The van der Waals surface area contributed by atoms with Gasteiger partial charge in [0.1, 0.15) is 0 Å². The number of amides is 1. The number of rotatable bonds is 1. The van der Waals surface area contributed by atoms with Crippen LogP contribution in [0.1, 0.15) is 41.3 Å². The summed E-state index contributed by atoms with van der Waals surface area (Å²) < 4.78 is 1.56. The van der Waals surface area contributed by atoms with E-state index in [1.165, 1.54) is 13.3 Å². The molecule has 1 fully saturated rings. The molecular weight excluding hydrogens is 252 g/mol. The number of para-hydroxylation sites is 1. The van der Waals surface area contributed by atoms with Gasteiger partial charge in [0.2, 0.25) is 5.91 Å². The van der Waals surface area contributed by atoms with Gasteiger partial charge in [-0.05, 0) is 25.3 Å². The third kappa shape index (κ3) is 2.11. The maximum atomic E-state index is 12.7. The van der Waals surface area contributed by atoms with Gasteiger partial charge in [-0.2, -0.15) is 0 Å². The molecule has 0 aliphatic carbocycles. The smallest absolute Gasteiger partial charge is 0.256 e. The van der Waals surface area contributed by atoms with Gasteiger partial charge in [-0.15, -0.1) is 0 Å². The lowest BCUT2D eigenvalue weighted by Crippen LogP contribution is -2.35. The molecule has 0 N–H and O–H groups in total. The normalized spacial score (nSPS) is 15.6. The van der Waals surface area contributed by atoms with Gasteiger partial charge < -0.3 is 4.90 Å². The van der Waals surface area contributed by atoms with Gasteiger partial charge in [0.05, 0.1) is 11.1 Å². The Bertz CT molecular complexity index is 666. The van der Waals surface area contributed by atoms with Gasteiger partial charge in [0, 0.05) is 31.6 Å². The summed E-state index contributed by atoms with van der Waals surface area (Å²) in [6.07, 6.45) is 5.01. The van der Waals surface area contributed by atoms with Crippen LogP contribution < -0.4 is 0 Å². The number of nitrogens with zero attached hydrogens (tertiary/aromatic N) is 2. The van der Waals surface area contributed by atoms with Crippen molar-refractivity contribution in [1.29, 1.82) is 0 Å². The van der Waals surface area contributed by atoms with Crippen LogP contribution in [0.15, 0.2) is 30.5 Å². The second-order valence-electron chi connectivity index (χ2n) is 5.30. The average Bonchev–Trinajstić information content (AvgIpc) is 2.87. The van der Waals surface area contributed by atoms with E-state index in [-0.39, 0.29) is 11.8 Å². The molecule has 1 saturated heterocycles. The third-order valence-corrected chi connectivity index (χ3v) is 3.92. The zero-order chi connectivity index (χ0) is 14.1. The van der Waals surface area contributed by atoms with Crippen LogP contribution in [-0.2, 0) is 0 Å². The van der Waals surface area contributed by atoms with Crippen molar-refractivity contribution in [3.05, 3.63) is 36.0 Å². The van der Waals surface area contributed by atoms with Crippen LogP contribution in [0.2, 0.25) is 0 Å². The van der Waals surface area contributed by atoms with Gasteiger partial charge >= 0.3 is 0 Å². The molecule has 1 amide bonds. The van der Waals surface area contributed by atoms with E-state index in [0.717, 1.165) is 36.8 Å². The van der Waals surface area contributed by atoms with Crippen molar-refractivity contribution in [2.75, 3.05) is 13.1 Å². The number of carbonyl (C=O) groups is 2. The fourth-order valence-corrected chi connectivity index (χ4v) is 2.88. The Kier molecular flexibility index (Phi) is 3.30. The molecule has 0 atom stereocenters. The Morgan fingerprint density at radius 2 is 1.75 bits per heavy atom. The molecule has 20 heavy (non-hydrogen) atoms. The molecule has 2 heterocycles. The monoisotopic (exact) mass is 270 g/mol. The predicted molar refractivity (Wildman–Crippen MR) is 78.0 cm³/mol. The highest BCUT2D eigenvalue weighted by molar-refractivity contribution is 6.09. The Labute approximate surface area is 118 Å². The summed E-state index contributed by atoms with van der Waals surface area (Å²) in [7, 11) is 0. The number of piperidine rings is 1. The highest BCUT2D eigenvalue weighted by atomic mass is 16.2. The minimum Gasteiger partial charge on any atom is -0.339 e. The SMILES string of the molecule is CC(=O)n1cc(C(=O)N2CCCCC2)c2ccccc21. The lowest BCUT2D eigenvalue weighted by Gasteiger charge is -2.26. The number of benzene rings is 1. The van der Waals surface area contributed by atoms with E-state index in [2.05, 4.69) is 0 Å². The van der Waals surface area contributed by atoms with Crippen LogP contribution in [0.3, 0.4) is 0 Å². The van der Waals surface area contributed by atoms with Crippen molar-refractivity contribution < 1.29 is 9.59 Å². The summed E-state index contributed by atoms with van der Waals surface area (Å²) in [4.78, 5) is 26.3. The number of fused-ring (bicyclic) bond motifs is 1. The molecule has 0 unspecified atom stereocenters. The Hall–Kier alpha value is -2.10. The molecule has 3 rings (SSSR count). The largest absolute Gasteiger partial charge is 0.339 e. The predicted octanol–water partition coefficient (Wildman–Crippen LogP) is 2.93. The Morgan fingerprint density at radius 1 is 1.05 bits per heavy atom. The van der Waals surface area contributed by atoms with Crippen LogP contribution in [0.4, 0.5) is 0 Å². The van der Waals surface area contributed by atoms with Crippen LogP contribution >= 0.6 is 0 Å². The van der Waals surface area contributed by atoms with Crippen molar-refractivity contribution in [3.63, 3.8) is 0 Å². The molecule has 104 valence electrons. The van der Waals surface area contributed by atoms with Gasteiger partial charge in [-0.25, -0.2) is 0 Å². The number of carbonyl (C=O) groups excluding carboxylic acids is 2. The molecule has 2 aromatic rings. The van der Waals surface area contributed by atoms with Gasteiger partial charge in [-0.1, -0.05) is 18.2 Å². The summed E-state index contributed by atoms with van der Waals surface area (Å²) in [5.41, 5.74) is 1.44. The van der Waals surface area contributed by atoms with E-state index >= 15 is 0 Å². The first kappa shape index (κ1) is 12.9. The maximum Gasteiger partial charge on any atom is 0.256 e. The number of aromatic nitrogens is 1. The van der Waals surface area contributed by atoms with Crippen molar-refractivity contribution in [1.82, 2.24) is 9.47 Å². The van der Waals surface area contributed by atoms with Crippen molar-refractivity contribution in [2.24, 2.45) is 0 Å². The molecule has 4 nitrogen and oxygen atoms in total. The first-order valence-electron chi connectivity index (χ1n) is 7.09. The van der Waals surface area contributed by atoms with E-state index in [9.17, 15) is 9.59 Å². The minimum absolute atomic E-state index is 0.0425. The van der Waals surface area contributed by atoms with E-state index in [4.69, 9.17) is 0 Å². The fourth-order valence-electron chi connectivity index (χ4n) is 2.88. The van der Waals surface area contributed by atoms with E-state index < -0.39 is 0 Å². The first-order chi connectivity index (χ1) is 9.68. The van der Waals surface area contributed by atoms with Crippen LogP contribution in [0.25, 0.3) is 10.9 Å². The summed E-state index contributed by atoms with van der Waals surface area (Å²) in [5, 5.41) is 0.860. The molecule has 1 aromatic carbocycles. The van der Waals surface area contributed by atoms with Gasteiger partial charge in [0.15, 0.2) is 0 Å². The van der Waals surface area contributed by atoms with E-state index in [1.807, 2.05) is 29.2 Å². The van der Waals surface area contributed by atoms with Crippen molar-refractivity contribution in [2.45, 2.75) is 26.2 Å². The zero-order valence-electron chi connectivity index (χ0n) is 11.6. The zero-order valence-corrected chi connectivity index (χ0v) is 11.6. The standard InChI is InChI=1S/C16H18N2O2/c1-12(19)18-11-14(13-7-3-4-8-15(13)18)16(20)17-9-5-2-6-10-17/h3-4,7-8,11H,2,5-6,9-10H2,1H3. The molecule has 1 aliphatic heterocycles. The molecular formula is C16H18N2O2. The van der Waals surface area contributed by atoms with Gasteiger partial charge in [-0.3, -0.25) is 14.2 Å². The summed E-state index contributed by atoms with van der Waals surface area (Å²) in [6, 6.07) is 7.58. The quantitative estimate of drug-likeness (QED) is 0.799. The Balaban J connectivity index is 2.06. The molecule has 0 saturated carbocycles. The van der Waals surface area contributed by atoms with Crippen molar-refractivity contribution in [3.8, 4) is 0 Å². The number of hydrogen-bond donors (Lipinski definition) is 0. The third-order valence-electron chi connectivity index (χ3n) is 3.92. The molecule has 0 bridgehead atoms. The lowest BCUT2D eigenvalue weighted by atomic mass is 10.1.